The van der Waals surface area contributed by atoms with Crippen molar-refractivity contribution in [1.29, 1.82) is 0 Å². The summed E-state index contributed by atoms with van der Waals surface area (Å²) in [4.78, 5) is 0. The fraction of sp³-hybridized carbons (Fsp3) is 1.00. The van der Waals surface area contributed by atoms with Crippen LogP contribution in [0.25, 0.3) is 0 Å². The lowest BCUT2D eigenvalue weighted by atomic mass is 9.30. The number of hydrogen-bond donors (Lipinski definition) is 0. The zero-order chi connectivity index (χ0) is 28.7. The zero-order valence-electron chi connectivity index (χ0n) is 28.7. The van der Waals surface area contributed by atoms with E-state index in [0.717, 1.165) is 82.9 Å². The Bertz CT molecular complexity index is 850. The summed E-state index contributed by atoms with van der Waals surface area (Å²) in [5.41, 5.74) is 1.40. The van der Waals surface area contributed by atoms with Crippen molar-refractivity contribution in [2.24, 2.45) is 99.1 Å². The average molecular weight is 539 g/mol. The highest BCUT2D eigenvalue weighted by Crippen LogP contribution is 2.77. The van der Waals surface area contributed by atoms with Crippen LogP contribution in [0.4, 0.5) is 0 Å². The lowest BCUT2D eigenvalue weighted by Crippen LogP contribution is -2.69. The van der Waals surface area contributed by atoms with Crippen molar-refractivity contribution in [3.8, 4) is 0 Å². The van der Waals surface area contributed by atoms with E-state index < -0.39 is 0 Å². The Morgan fingerprint density at radius 2 is 1.28 bits per heavy atom. The van der Waals surface area contributed by atoms with Gasteiger partial charge in [-0.1, -0.05) is 128 Å². The highest BCUT2D eigenvalue weighted by Gasteiger charge is 2.70. The molecule has 0 heterocycles. The molecule has 226 valence electrons. The second-order valence-electron chi connectivity index (χ2n) is 18.4. The smallest absolute Gasteiger partial charge is 0.0215 e. The number of fused-ring (bicyclic) bond motifs is 3. The summed E-state index contributed by atoms with van der Waals surface area (Å²) in [7, 11) is 0. The van der Waals surface area contributed by atoms with Gasteiger partial charge in [0.1, 0.15) is 0 Å². The Morgan fingerprint density at radius 3 is 1.87 bits per heavy atom. The van der Waals surface area contributed by atoms with Crippen LogP contribution in [0.5, 0.6) is 0 Å². The summed E-state index contributed by atoms with van der Waals surface area (Å²) < 4.78 is 0. The molecule has 0 bridgehead atoms. The van der Waals surface area contributed by atoms with E-state index in [4.69, 9.17) is 0 Å². The Morgan fingerprint density at radius 1 is 0.692 bits per heavy atom. The van der Waals surface area contributed by atoms with Gasteiger partial charge in [0.2, 0.25) is 0 Å². The molecule has 0 aromatic heterocycles. The molecule has 0 N–H and O–H groups in total. The van der Waals surface area contributed by atoms with Gasteiger partial charge in [-0.2, -0.15) is 0 Å². The minimum Gasteiger partial charge on any atom is -0.0625 e. The SMILES string of the molecule is CC(C)C1C(C)CC2(C)CC3(C)C(CC(C)C4CCCCC4)C4C(C)CCC(C)C4C(C)C3C(C)C2(C)C1C. The lowest BCUT2D eigenvalue weighted by molar-refractivity contribution is -0.268. The average Bonchev–Trinajstić information content (AvgIpc) is 2.86. The van der Waals surface area contributed by atoms with E-state index in [1.54, 1.807) is 0 Å². The maximum atomic E-state index is 2.89. The normalized spacial score (nSPS) is 55.5. The molecule has 5 rings (SSSR count). The molecule has 39 heavy (non-hydrogen) atoms. The molecule has 0 nitrogen and oxygen atoms in total. The van der Waals surface area contributed by atoms with Crippen LogP contribution in [-0.4, -0.2) is 0 Å². The topological polar surface area (TPSA) is 0 Å². The van der Waals surface area contributed by atoms with E-state index in [-0.39, 0.29) is 0 Å². The summed E-state index contributed by atoms with van der Waals surface area (Å²) in [6, 6.07) is 0. The molecule has 5 aliphatic carbocycles. The fourth-order valence-electron chi connectivity index (χ4n) is 14.9. The molecule has 5 fully saturated rings. The van der Waals surface area contributed by atoms with Gasteiger partial charge >= 0.3 is 0 Å². The van der Waals surface area contributed by atoms with Crippen LogP contribution in [-0.2, 0) is 0 Å². The molecule has 15 unspecified atom stereocenters. The van der Waals surface area contributed by atoms with E-state index in [1.165, 1.54) is 64.2 Å². The molecule has 0 radical (unpaired) electrons. The third-order valence-corrected chi connectivity index (χ3v) is 16.4. The summed E-state index contributed by atoms with van der Waals surface area (Å²) in [5, 5.41) is 0. The first-order valence-electron chi connectivity index (χ1n) is 18.2. The lowest BCUT2D eigenvalue weighted by Gasteiger charge is -2.75. The molecule has 0 aromatic carbocycles. The van der Waals surface area contributed by atoms with E-state index in [1.807, 2.05) is 0 Å². The molecule has 0 saturated heterocycles. The monoisotopic (exact) mass is 539 g/mol. The van der Waals surface area contributed by atoms with Crippen LogP contribution in [0.3, 0.4) is 0 Å². The van der Waals surface area contributed by atoms with Crippen LogP contribution in [0.1, 0.15) is 147 Å². The molecule has 0 aromatic rings. The van der Waals surface area contributed by atoms with Gasteiger partial charge in [-0.15, -0.1) is 0 Å². The zero-order valence-corrected chi connectivity index (χ0v) is 28.7. The van der Waals surface area contributed by atoms with E-state index in [9.17, 15) is 0 Å². The number of rotatable bonds is 4. The largest absolute Gasteiger partial charge is 0.0625 e. The van der Waals surface area contributed by atoms with Gasteiger partial charge < -0.3 is 0 Å². The second-order valence-corrected chi connectivity index (χ2v) is 18.4. The molecule has 15 atom stereocenters. The molecule has 5 saturated carbocycles. The van der Waals surface area contributed by atoms with Crippen LogP contribution in [0.15, 0.2) is 0 Å². The van der Waals surface area contributed by atoms with Crippen LogP contribution in [0, 0.1) is 99.1 Å². The molecule has 5 aliphatic rings. The maximum Gasteiger partial charge on any atom is -0.0215 e. The van der Waals surface area contributed by atoms with Crippen molar-refractivity contribution in [2.75, 3.05) is 0 Å². The summed E-state index contributed by atoms with van der Waals surface area (Å²) in [6.07, 6.45) is 15.0. The van der Waals surface area contributed by atoms with E-state index in [0.29, 0.717) is 16.2 Å². The summed E-state index contributed by atoms with van der Waals surface area (Å²) in [6.45, 7) is 32.5. The molecule has 0 heteroatoms. The minimum atomic E-state index is 0.447. The summed E-state index contributed by atoms with van der Waals surface area (Å²) >= 11 is 0. The van der Waals surface area contributed by atoms with Crippen molar-refractivity contribution in [1.82, 2.24) is 0 Å². The van der Waals surface area contributed by atoms with Gasteiger partial charge in [0.05, 0.1) is 0 Å². The predicted octanol–water partition coefficient (Wildman–Crippen LogP) is 11.8. The first-order valence-corrected chi connectivity index (χ1v) is 18.2. The minimum absolute atomic E-state index is 0.447. The quantitative estimate of drug-likeness (QED) is 0.334. The van der Waals surface area contributed by atoms with E-state index in [2.05, 4.69) is 83.1 Å². The molecule has 0 aliphatic heterocycles. The van der Waals surface area contributed by atoms with Crippen LogP contribution in [0.2, 0.25) is 0 Å². The van der Waals surface area contributed by atoms with Gasteiger partial charge in [-0.3, -0.25) is 0 Å². The van der Waals surface area contributed by atoms with Crippen LogP contribution >= 0.6 is 0 Å². The van der Waals surface area contributed by atoms with Gasteiger partial charge in [0.25, 0.3) is 0 Å². The third kappa shape index (κ3) is 4.47. The highest BCUT2D eigenvalue weighted by atomic mass is 14.7. The molecular formula is C39H70. The van der Waals surface area contributed by atoms with Crippen molar-refractivity contribution >= 4 is 0 Å². The van der Waals surface area contributed by atoms with Gasteiger partial charge in [-0.25, -0.2) is 0 Å². The highest BCUT2D eigenvalue weighted by molar-refractivity contribution is 5.18. The molecule has 0 spiro atoms. The van der Waals surface area contributed by atoms with Gasteiger partial charge in [0.15, 0.2) is 0 Å². The first kappa shape index (κ1) is 30.5. The Balaban J connectivity index is 1.60. The van der Waals surface area contributed by atoms with Crippen molar-refractivity contribution in [2.45, 2.75) is 147 Å². The molecule has 0 amide bonds. The summed E-state index contributed by atoms with van der Waals surface area (Å²) in [5.74, 6) is 12.5. The Hall–Kier alpha value is 0. The Labute approximate surface area is 246 Å². The van der Waals surface area contributed by atoms with Gasteiger partial charge in [-0.05, 0) is 118 Å². The van der Waals surface area contributed by atoms with Crippen LogP contribution < -0.4 is 0 Å². The Kier molecular flexibility index (Phi) is 8.29. The predicted molar refractivity (Wildman–Crippen MR) is 170 cm³/mol. The maximum absolute atomic E-state index is 2.89. The second kappa shape index (κ2) is 10.6. The number of hydrogen-bond acceptors (Lipinski definition) is 0. The van der Waals surface area contributed by atoms with E-state index >= 15 is 0 Å². The van der Waals surface area contributed by atoms with Crippen molar-refractivity contribution < 1.29 is 0 Å². The van der Waals surface area contributed by atoms with Crippen molar-refractivity contribution in [3.05, 3.63) is 0 Å². The standard InChI is InChI=1S/C39H70/c1-23(2)33-27(6)21-37(10)22-38(11)32(20-26(5)31-16-14-13-15-17-31)35-25(4)19-18-24(3)34(35)28(7)36(38)30(9)39(37,12)29(33)8/h23-36H,13-22H2,1-12H3. The third-order valence-electron chi connectivity index (χ3n) is 16.4. The fourth-order valence-corrected chi connectivity index (χ4v) is 14.9. The first-order chi connectivity index (χ1) is 18.2. The van der Waals surface area contributed by atoms with Crippen molar-refractivity contribution in [3.63, 3.8) is 0 Å². The molecular weight excluding hydrogens is 468 g/mol. The van der Waals surface area contributed by atoms with Gasteiger partial charge in [0, 0.05) is 0 Å².